The fourth-order valence-corrected chi connectivity index (χ4v) is 6.69. The van der Waals surface area contributed by atoms with Gasteiger partial charge in [0.15, 0.2) is 16.6 Å². The average Bonchev–Trinajstić information content (AvgIpc) is 3.67. The van der Waals surface area contributed by atoms with Crippen LogP contribution in [-0.2, 0) is 16.0 Å². The van der Waals surface area contributed by atoms with Gasteiger partial charge < -0.3 is 19.3 Å². The number of ketones is 1. The van der Waals surface area contributed by atoms with Crippen LogP contribution >= 0.6 is 11.3 Å². The molecule has 0 bridgehead atoms. The van der Waals surface area contributed by atoms with Gasteiger partial charge in [-0.15, -0.1) is 0 Å². The number of rotatable bonds is 10. The monoisotopic (exact) mass is 616 g/mol. The fraction of sp³-hybridized carbons (Fsp3) is 0.324. The molecular formula is C34H33FN2O6S. The van der Waals surface area contributed by atoms with E-state index in [1.807, 2.05) is 13.8 Å². The number of hydrogen-bond acceptors (Lipinski definition) is 8. The molecule has 10 heteroatoms. The Morgan fingerprint density at radius 3 is 2.70 bits per heavy atom. The Balaban J connectivity index is 1.49. The van der Waals surface area contributed by atoms with E-state index in [-0.39, 0.29) is 22.6 Å². The van der Waals surface area contributed by atoms with E-state index in [0.717, 1.165) is 41.9 Å². The maximum atomic E-state index is 14.0. The van der Waals surface area contributed by atoms with Crippen LogP contribution in [-0.4, -0.2) is 41.1 Å². The second-order valence-corrected chi connectivity index (χ2v) is 11.9. The van der Waals surface area contributed by atoms with E-state index >= 15 is 0 Å². The quantitative estimate of drug-likeness (QED) is 0.0861. The van der Waals surface area contributed by atoms with E-state index < -0.39 is 23.5 Å². The molecule has 4 aromatic rings. The minimum absolute atomic E-state index is 0.00320. The highest BCUT2D eigenvalue weighted by Crippen LogP contribution is 2.46. The molecule has 6 rings (SSSR count). The zero-order valence-corrected chi connectivity index (χ0v) is 25.6. The molecule has 2 atom stereocenters. The second kappa shape index (κ2) is 12.3. The minimum Gasteiger partial charge on any atom is -0.507 e. The van der Waals surface area contributed by atoms with Gasteiger partial charge in [0.25, 0.3) is 5.78 Å². The third-order valence-corrected chi connectivity index (χ3v) is 8.77. The first kappa shape index (κ1) is 29.6. The van der Waals surface area contributed by atoms with Crippen molar-refractivity contribution < 1.29 is 33.3 Å². The third-order valence-electron chi connectivity index (χ3n) is 7.75. The number of thiazole rings is 1. The zero-order chi connectivity index (χ0) is 31.0. The number of carbonyl (C=O) groups excluding carboxylic acids is 2. The number of fused-ring (bicyclic) bond motifs is 2. The van der Waals surface area contributed by atoms with Crippen LogP contribution in [0.25, 0.3) is 16.0 Å². The molecule has 44 heavy (non-hydrogen) atoms. The summed E-state index contributed by atoms with van der Waals surface area (Å²) in [4.78, 5) is 33.3. The molecule has 3 heterocycles. The number of anilines is 1. The number of aromatic nitrogens is 1. The summed E-state index contributed by atoms with van der Waals surface area (Å²) in [5.41, 5.74) is 2.25. The Kier molecular flexibility index (Phi) is 8.27. The molecular weight excluding hydrogens is 583 g/mol. The Hall–Kier alpha value is -4.44. The largest absolute Gasteiger partial charge is 0.507 e. The normalized spacial score (nSPS) is 19.0. The van der Waals surface area contributed by atoms with E-state index in [1.165, 1.54) is 23.1 Å². The first-order chi connectivity index (χ1) is 21.3. The van der Waals surface area contributed by atoms with Gasteiger partial charge in [0.05, 0.1) is 35.0 Å². The van der Waals surface area contributed by atoms with Crippen molar-refractivity contribution in [3.8, 4) is 17.2 Å². The first-order valence-corrected chi connectivity index (χ1v) is 15.7. The van der Waals surface area contributed by atoms with Gasteiger partial charge in [0.2, 0.25) is 0 Å². The molecule has 1 fully saturated rings. The smallest absolute Gasteiger partial charge is 0.301 e. The Morgan fingerprint density at radius 1 is 1.07 bits per heavy atom. The molecule has 3 aromatic carbocycles. The van der Waals surface area contributed by atoms with E-state index in [1.54, 1.807) is 36.4 Å². The molecule has 1 aromatic heterocycles. The fourth-order valence-electron chi connectivity index (χ4n) is 5.68. The number of Topliss-reactive ketones (excluding diaryl/α,β-unsaturated/α-hetero) is 1. The van der Waals surface area contributed by atoms with Gasteiger partial charge in [-0.05, 0) is 79.9 Å². The predicted molar refractivity (Wildman–Crippen MR) is 167 cm³/mol. The van der Waals surface area contributed by atoms with Crippen LogP contribution in [0.3, 0.4) is 0 Å². The Bertz CT molecular complexity index is 1780. The molecule has 228 valence electrons. The van der Waals surface area contributed by atoms with E-state index in [0.29, 0.717) is 52.5 Å². The van der Waals surface area contributed by atoms with Crippen LogP contribution in [0.4, 0.5) is 9.52 Å². The van der Waals surface area contributed by atoms with E-state index in [9.17, 15) is 19.1 Å². The van der Waals surface area contributed by atoms with Crippen molar-refractivity contribution in [2.24, 2.45) is 0 Å². The zero-order valence-electron chi connectivity index (χ0n) is 24.8. The first-order valence-electron chi connectivity index (χ1n) is 14.9. The average molecular weight is 617 g/mol. The summed E-state index contributed by atoms with van der Waals surface area (Å²) in [6.07, 6.45) is 3.65. The van der Waals surface area contributed by atoms with Crippen LogP contribution in [0.2, 0.25) is 0 Å². The predicted octanol–water partition coefficient (Wildman–Crippen LogP) is 7.35. The minimum atomic E-state index is -1.03. The van der Waals surface area contributed by atoms with Gasteiger partial charge in [0, 0.05) is 12.0 Å². The standard InChI is InChI=1S/C34H33FN2O6S/c1-4-6-7-14-42-26-13-8-20(17-27(26)41-5-2)30-29(31(38)21-9-12-25-22(16-21)15-19(3)43-25)32(39)33(40)37(30)34-36-24-11-10-23(35)18-28(24)44-34/h8-13,16-19,30,38H,4-7,14-15H2,1-3H3/b31-29-. The summed E-state index contributed by atoms with van der Waals surface area (Å²) in [7, 11) is 0. The lowest BCUT2D eigenvalue weighted by atomic mass is 9.94. The van der Waals surface area contributed by atoms with Crippen molar-refractivity contribution in [2.75, 3.05) is 18.1 Å². The summed E-state index contributed by atoms with van der Waals surface area (Å²) >= 11 is 1.10. The van der Waals surface area contributed by atoms with Crippen molar-refractivity contribution in [2.45, 2.75) is 58.6 Å². The summed E-state index contributed by atoms with van der Waals surface area (Å²) < 4.78 is 32.3. The highest BCUT2D eigenvalue weighted by atomic mass is 32.1. The number of nitrogens with zero attached hydrogens (tertiary/aromatic N) is 2. The molecule has 2 unspecified atom stereocenters. The van der Waals surface area contributed by atoms with E-state index in [2.05, 4.69) is 11.9 Å². The topological polar surface area (TPSA) is 98.2 Å². The molecule has 0 aliphatic carbocycles. The number of aliphatic hydroxyl groups is 1. The Morgan fingerprint density at radius 2 is 1.91 bits per heavy atom. The number of ether oxygens (including phenoxy) is 3. The third kappa shape index (κ3) is 5.50. The van der Waals surface area contributed by atoms with Crippen LogP contribution in [0.5, 0.6) is 17.2 Å². The number of halogens is 1. The molecule has 0 saturated carbocycles. The molecule has 2 aliphatic rings. The number of benzene rings is 3. The van der Waals surface area contributed by atoms with Gasteiger partial charge in [-0.25, -0.2) is 9.37 Å². The highest BCUT2D eigenvalue weighted by molar-refractivity contribution is 7.22. The molecule has 1 amide bonds. The van der Waals surface area contributed by atoms with Crippen LogP contribution in [0.1, 0.15) is 62.8 Å². The van der Waals surface area contributed by atoms with Crippen molar-refractivity contribution in [1.82, 2.24) is 4.98 Å². The Labute approximate surface area is 258 Å². The lowest BCUT2D eigenvalue weighted by Gasteiger charge is -2.24. The van der Waals surface area contributed by atoms with Crippen molar-refractivity contribution in [3.63, 3.8) is 0 Å². The lowest BCUT2D eigenvalue weighted by molar-refractivity contribution is -0.132. The SMILES string of the molecule is CCCCCOc1ccc(C2/C(=C(/O)c3ccc4c(c3)CC(C)O4)C(=O)C(=O)N2c2nc3ccc(F)cc3s2)cc1OCC. The summed E-state index contributed by atoms with van der Waals surface area (Å²) in [6.45, 7) is 6.83. The number of amides is 1. The van der Waals surface area contributed by atoms with Crippen molar-refractivity contribution >= 4 is 44.1 Å². The highest BCUT2D eigenvalue weighted by Gasteiger charge is 2.48. The van der Waals surface area contributed by atoms with Crippen LogP contribution < -0.4 is 19.1 Å². The molecule has 1 N–H and O–H groups in total. The molecule has 0 radical (unpaired) electrons. The summed E-state index contributed by atoms with van der Waals surface area (Å²) in [6, 6.07) is 13.6. The maximum Gasteiger partial charge on any atom is 0.301 e. The van der Waals surface area contributed by atoms with Crippen LogP contribution in [0, 0.1) is 5.82 Å². The van der Waals surface area contributed by atoms with E-state index in [4.69, 9.17) is 14.2 Å². The number of aliphatic hydroxyl groups excluding tert-OH is 1. The van der Waals surface area contributed by atoms with Gasteiger partial charge in [-0.1, -0.05) is 37.2 Å². The van der Waals surface area contributed by atoms with Gasteiger partial charge >= 0.3 is 5.91 Å². The maximum absolute atomic E-state index is 14.0. The van der Waals surface area contributed by atoms with Gasteiger partial charge in [-0.3, -0.25) is 14.5 Å². The molecule has 8 nitrogen and oxygen atoms in total. The van der Waals surface area contributed by atoms with Crippen molar-refractivity contribution in [1.29, 1.82) is 0 Å². The molecule has 0 spiro atoms. The molecule has 2 aliphatic heterocycles. The summed E-state index contributed by atoms with van der Waals surface area (Å²) in [5.74, 6) is -0.689. The van der Waals surface area contributed by atoms with Crippen LogP contribution in [0.15, 0.2) is 60.2 Å². The lowest BCUT2D eigenvalue weighted by Crippen LogP contribution is -2.29. The van der Waals surface area contributed by atoms with Crippen molar-refractivity contribution in [3.05, 3.63) is 82.7 Å². The molecule has 1 saturated heterocycles. The second-order valence-electron chi connectivity index (χ2n) is 10.9. The number of unbranched alkanes of at least 4 members (excludes halogenated alkanes) is 2. The number of carbonyl (C=O) groups is 2. The van der Waals surface area contributed by atoms with Gasteiger partial charge in [-0.2, -0.15) is 0 Å². The van der Waals surface area contributed by atoms with Gasteiger partial charge in [0.1, 0.15) is 23.4 Å². The summed E-state index contributed by atoms with van der Waals surface area (Å²) in [5, 5.41) is 11.9. The number of hydrogen-bond donors (Lipinski definition) is 1.